The summed E-state index contributed by atoms with van der Waals surface area (Å²) in [5.41, 5.74) is 2.83. The Hall–Kier alpha value is -0.870. The van der Waals surface area contributed by atoms with Crippen LogP contribution in [0.1, 0.15) is 36.4 Å². The second-order valence-corrected chi connectivity index (χ2v) is 7.34. The van der Waals surface area contributed by atoms with Gasteiger partial charge in [0, 0.05) is 12.3 Å². The molecule has 1 aromatic rings. The molecule has 0 saturated carbocycles. The largest absolute Gasteiger partial charge is 0.310 e. The minimum Gasteiger partial charge on any atom is -0.310 e. The van der Waals surface area contributed by atoms with Crippen molar-refractivity contribution in [1.82, 2.24) is 5.32 Å². The average Bonchev–Trinajstić information content (AvgIpc) is 2.33. The maximum atomic E-state index is 11.1. The average molecular weight is 267 g/mol. The fraction of sp³-hybridized carbons (Fsp3) is 0.571. The molecule has 1 unspecified atom stereocenters. The van der Waals surface area contributed by atoms with E-state index in [2.05, 4.69) is 29.6 Å². The smallest absolute Gasteiger partial charge is 0.147 e. The number of sulfone groups is 1. The minimum atomic E-state index is -2.83. The predicted octanol–water partition coefficient (Wildman–Crippen LogP) is 2.09. The zero-order chi connectivity index (χ0) is 13.0. The summed E-state index contributed by atoms with van der Waals surface area (Å²) in [5.74, 6) is 0.272. The molecule has 3 nitrogen and oxygen atoms in total. The molecule has 0 amide bonds. The van der Waals surface area contributed by atoms with Crippen molar-refractivity contribution in [2.24, 2.45) is 0 Å². The van der Waals surface area contributed by atoms with Crippen LogP contribution in [0.2, 0.25) is 0 Å². The topological polar surface area (TPSA) is 46.2 Å². The van der Waals surface area contributed by atoms with Gasteiger partial charge in [0.05, 0.1) is 5.75 Å². The fourth-order valence-corrected chi connectivity index (χ4v) is 3.25. The molecule has 1 N–H and O–H groups in total. The highest BCUT2D eigenvalue weighted by Crippen LogP contribution is 2.29. The molecule has 0 fully saturated rings. The number of hydrogen-bond donors (Lipinski definition) is 1. The van der Waals surface area contributed by atoms with E-state index >= 15 is 0 Å². The molecule has 1 aliphatic rings. The first-order valence-corrected chi connectivity index (χ1v) is 8.61. The SMILES string of the molecule is CS(=O)(=O)CCCNC1CCCc2ccccc21. The van der Waals surface area contributed by atoms with E-state index in [1.54, 1.807) is 0 Å². The van der Waals surface area contributed by atoms with Gasteiger partial charge in [0.25, 0.3) is 0 Å². The Bertz CT molecular complexity index is 496. The summed E-state index contributed by atoms with van der Waals surface area (Å²) in [5, 5.41) is 3.49. The lowest BCUT2D eigenvalue weighted by atomic mass is 9.88. The number of hydrogen-bond acceptors (Lipinski definition) is 3. The third-order valence-corrected chi connectivity index (χ3v) is 4.48. The molecular formula is C14H21NO2S. The van der Waals surface area contributed by atoms with E-state index in [0.717, 1.165) is 19.4 Å². The molecule has 0 heterocycles. The van der Waals surface area contributed by atoms with Gasteiger partial charge in [-0.15, -0.1) is 0 Å². The van der Waals surface area contributed by atoms with Crippen LogP contribution in [-0.4, -0.2) is 27.0 Å². The van der Waals surface area contributed by atoms with Crippen molar-refractivity contribution >= 4 is 9.84 Å². The Morgan fingerprint density at radius 1 is 1.33 bits per heavy atom. The van der Waals surface area contributed by atoms with Crippen LogP contribution in [0, 0.1) is 0 Å². The van der Waals surface area contributed by atoms with Crippen LogP contribution in [0.25, 0.3) is 0 Å². The molecule has 0 aliphatic heterocycles. The Balaban J connectivity index is 1.88. The highest BCUT2D eigenvalue weighted by molar-refractivity contribution is 7.90. The standard InChI is InChI=1S/C14H21NO2S/c1-18(16,17)11-5-10-15-14-9-4-7-12-6-2-3-8-13(12)14/h2-3,6,8,14-15H,4-5,7,9-11H2,1H3. The van der Waals surface area contributed by atoms with E-state index in [-0.39, 0.29) is 5.75 Å². The van der Waals surface area contributed by atoms with Gasteiger partial charge in [-0.3, -0.25) is 0 Å². The Morgan fingerprint density at radius 2 is 2.11 bits per heavy atom. The molecular weight excluding hydrogens is 246 g/mol. The van der Waals surface area contributed by atoms with Crippen LogP contribution in [0.4, 0.5) is 0 Å². The van der Waals surface area contributed by atoms with Crippen molar-refractivity contribution in [2.45, 2.75) is 31.7 Å². The summed E-state index contributed by atoms with van der Waals surface area (Å²) in [4.78, 5) is 0. The van der Waals surface area contributed by atoms with Crippen molar-refractivity contribution in [1.29, 1.82) is 0 Å². The van der Waals surface area contributed by atoms with Gasteiger partial charge in [-0.05, 0) is 43.4 Å². The van der Waals surface area contributed by atoms with Gasteiger partial charge < -0.3 is 5.32 Å². The molecule has 1 aliphatic carbocycles. The monoisotopic (exact) mass is 267 g/mol. The first-order chi connectivity index (χ1) is 8.56. The minimum absolute atomic E-state index is 0.272. The summed E-state index contributed by atoms with van der Waals surface area (Å²) in [6, 6.07) is 8.94. The molecule has 1 atom stereocenters. The Morgan fingerprint density at radius 3 is 2.89 bits per heavy atom. The van der Waals surface area contributed by atoms with E-state index in [1.165, 1.54) is 23.8 Å². The van der Waals surface area contributed by atoms with Crippen molar-refractivity contribution in [3.05, 3.63) is 35.4 Å². The maximum Gasteiger partial charge on any atom is 0.147 e. The lowest BCUT2D eigenvalue weighted by Crippen LogP contribution is -2.27. The normalized spacial score (nSPS) is 19.5. The third-order valence-electron chi connectivity index (χ3n) is 3.45. The summed E-state index contributed by atoms with van der Waals surface area (Å²) < 4.78 is 22.1. The van der Waals surface area contributed by atoms with Crippen LogP contribution in [0.3, 0.4) is 0 Å². The molecule has 100 valence electrons. The van der Waals surface area contributed by atoms with E-state index in [9.17, 15) is 8.42 Å². The molecule has 2 rings (SSSR count). The molecule has 0 aromatic heterocycles. The van der Waals surface area contributed by atoms with E-state index < -0.39 is 9.84 Å². The third kappa shape index (κ3) is 3.82. The van der Waals surface area contributed by atoms with Gasteiger partial charge in [-0.25, -0.2) is 8.42 Å². The first kappa shape index (κ1) is 13.6. The zero-order valence-corrected chi connectivity index (χ0v) is 11.7. The van der Waals surface area contributed by atoms with Crippen LogP contribution in [0.15, 0.2) is 24.3 Å². The van der Waals surface area contributed by atoms with Crippen molar-refractivity contribution < 1.29 is 8.42 Å². The number of nitrogens with one attached hydrogen (secondary N) is 1. The van der Waals surface area contributed by atoms with Gasteiger partial charge in [-0.2, -0.15) is 0 Å². The molecule has 4 heteroatoms. The van der Waals surface area contributed by atoms with Gasteiger partial charge in [0.2, 0.25) is 0 Å². The molecule has 1 aromatic carbocycles. The molecule has 0 saturated heterocycles. The van der Waals surface area contributed by atoms with Gasteiger partial charge in [0.15, 0.2) is 0 Å². The van der Waals surface area contributed by atoms with Crippen LogP contribution in [-0.2, 0) is 16.3 Å². The molecule has 0 spiro atoms. The lowest BCUT2D eigenvalue weighted by Gasteiger charge is -2.26. The molecule has 0 radical (unpaired) electrons. The van der Waals surface area contributed by atoms with Crippen LogP contribution >= 0.6 is 0 Å². The van der Waals surface area contributed by atoms with Crippen LogP contribution in [0.5, 0.6) is 0 Å². The van der Waals surface area contributed by atoms with Crippen molar-refractivity contribution in [2.75, 3.05) is 18.6 Å². The summed E-state index contributed by atoms with van der Waals surface area (Å²) >= 11 is 0. The van der Waals surface area contributed by atoms with E-state index in [0.29, 0.717) is 12.5 Å². The molecule has 0 bridgehead atoms. The fourth-order valence-electron chi connectivity index (χ4n) is 2.58. The summed E-state index contributed by atoms with van der Waals surface area (Å²) in [6.45, 7) is 0.770. The van der Waals surface area contributed by atoms with E-state index in [4.69, 9.17) is 0 Å². The number of fused-ring (bicyclic) bond motifs is 1. The second kappa shape index (κ2) is 5.85. The number of benzene rings is 1. The predicted molar refractivity (Wildman–Crippen MR) is 74.5 cm³/mol. The Labute approximate surface area is 110 Å². The quantitative estimate of drug-likeness (QED) is 0.831. The van der Waals surface area contributed by atoms with Gasteiger partial charge in [-0.1, -0.05) is 24.3 Å². The highest BCUT2D eigenvalue weighted by Gasteiger charge is 2.18. The van der Waals surface area contributed by atoms with Crippen molar-refractivity contribution in [3.63, 3.8) is 0 Å². The number of rotatable bonds is 5. The van der Waals surface area contributed by atoms with Crippen LogP contribution < -0.4 is 5.32 Å². The molecule has 18 heavy (non-hydrogen) atoms. The van der Waals surface area contributed by atoms with Gasteiger partial charge in [0.1, 0.15) is 9.84 Å². The van der Waals surface area contributed by atoms with Gasteiger partial charge >= 0.3 is 0 Å². The van der Waals surface area contributed by atoms with Crippen molar-refractivity contribution in [3.8, 4) is 0 Å². The zero-order valence-electron chi connectivity index (χ0n) is 10.9. The first-order valence-electron chi connectivity index (χ1n) is 6.55. The summed E-state index contributed by atoms with van der Waals surface area (Å²) in [6.07, 6.45) is 5.51. The number of aryl methyl sites for hydroxylation is 1. The van der Waals surface area contributed by atoms with E-state index in [1.807, 2.05) is 0 Å². The Kier molecular flexibility index (Phi) is 4.40. The highest BCUT2D eigenvalue weighted by atomic mass is 32.2. The summed E-state index contributed by atoms with van der Waals surface area (Å²) in [7, 11) is -2.83. The maximum absolute atomic E-state index is 11.1. The second-order valence-electron chi connectivity index (χ2n) is 5.08. The lowest BCUT2D eigenvalue weighted by molar-refractivity contribution is 0.460.